The largest absolute Gasteiger partial charge is 0.477 e. The van der Waals surface area contributed by atoms with Crippen LogP contribution >= 0.6 is 0 Å². The van der Waals surface area contributed by atoms with E-state index in [0.29, 0.717) is 22.8 Å². The first-order valence-electron chi connectivity index (χ1n) is 10.9. The number of nitrogens with zero attached hydrogens (tertiary/aromatic N) is 4. The molecule has 0 fully saturated rings. The normalized spacial score (nSPS) is 12.0. The Morgan fingerprint density at radius 1 is 1.14 bits per heavy atom. The highest BCUT2D eigenvalue weighted by atomic mass is 19.3. The zero-order chi connectivity index (χ0) is 26.5. The van der Waals surface area contributed by atoms with Crippen molar-refractivity contribution in [2.75, 3.05) is 17.7 Å². The molecule has 0 radical (unpaired) electrons. The number of hydrogen-bond acceptors (Lipinski definition) is 5. The average Bonchev–Trinajstić information content (AvgIpc) is 3.28. The van der Waals surface area contributed by atoms with Crippen LogP contribution in [0.2, 0.25) is 0 Å². The number of aromatic nitrogens is 3. The van der Waals surface area contributed by atoms with Crippen molar-refractivity contribution in [3.8, 4) is 0 Å². The highest BCUT2D eigenvalue weighted by molar-refractivity contribution is 5.99. The number of aliphatic carboxylic acids is 1. The third kappa shape index (κ3) is 6.62. The second kappa shape index (κ2) is 10.9. The summed E-state index contributed by atoms with van der Waals surface area (Å²) >= 11 is 0. The Morgan fingerprint density at radius 2 is 1.86 bits per heavy atom. The number of halogens is 2. The lowest BCUT2D eigenvalue weighted by Crippen LogP contribution is -2.33. The van der Waals surface area contributed by atoms with Crippen LogP contribution in [-0.4, -0.2) is 55.4 Å². The minimum absolute atomic E-state index is 0.0152. The number of likely N-dealkylation sites (N-methyl/N-ethyl adjacent to an activating group) is 1. The Labute approximate surface area is 206 Å². The standard InChI is InChI=1S/C24H26F2N6O4/c1-15-6-4-5-7-18(15)29-23(36)30-20-9-8-17(11-27-20)10-21(33)31(3)16(2)19-12-32(14-28-19)13-24(25,26)22(34)35/h4-9,11-12,14,16H,10,13H2,1-3H3,(H,34,35)(H2,27,29,30,36). The van der Waals surface area contributed by atoms with Gasteiger partial charge in [-0.25, -0.2) is 19.6 Å². The second-order valence-corrected chi connectivity index (χ2v) is 8.28. The molecule has 0 bridgehead atoms. The topological polar surface area (TPSA) is 129 Å². The Kier molecular flexibility index (Phi) is 7.97. The molecule has 0 aliphatic heterocycles. The molecule has 0 aliphatic carbocycles. The first-order valence-corrected chi connectivity index (χ1v) is 10.9. The van der Waals surface area contributed by atoms with Gasteiger partial charge in [-0.15, -0.1) is 0 Å². The lowest BCUT2D eigenvalue weighted by atomic mass is 10.1. The number of carbonyl (C=O) groups excluding carboxylic acids is 2. The van der Waals surface area contributed by atoms with Crippen LogP contribution in [0.3, 0.4) is 0 Å². The SMILES string of the molecule is Cc1ccccc1NC(=O)Nc1ccc(CC(=O)N(C)C(C)c2cn(CC(F)(F)C(=O)O)cn2)cn1. The smallest absolute Gasteiger partial charge is 0.376 e. The molecule has 1 aromatic carbocycles. The van der Waals surface area contributed by atoms with Crippen LogP contribution in [0.5, 0.6) is 0 Å². The first-order chi connectivity index (χ1) is 17.0. The minimum atomic E-state index is -3.93. The highest BCUT2D eigenvalue weighted by Gasteiger charge is 2.39. The van der Waals surface area contributed by atoms with Crippen molar-refractivity contribution in [2.45, 2.75) is 38.8 Å². The summed E-state index contributed by atoms with van der Waals surface area (Å²) in [6, 6.07) is 9.59. The Morgan fingerprint density at radius 3 is 2.50 bits per heavy atom. The van der Waals surface area contributed by atoms with Gasteiger partial charge in [-0.2, -0.15) is 8.78 Å². The van der Waals surface area contributed by atoms with E-state index in [9.17, 15) is 23.2 Å². The second-order valence-electron chi connectivity index (χ2n) is 8.28. The van der Waals surface area contributed by atoms with E-state index in [1.807, 2.05) is 25.1 Å². The quantitative estimate of drug-likeness (QED) is 0.411. The predicted molar refractivity (Wildman–Crippen MR) is 128 cm³/mol. The van der Waals surface area contributed by atoms with Crippen LogP contribution in [0.25, 0.3) is 0 Å². The monoisotopic (exact) mass is 500 g/mol. The molecule has 0 saturated carbocycles. The molecule has 1 atom stereocenters. The lowest BCUT2D eigenvalue weighted by Gasteiger charge is -2.23. The van der Waals surface area contributed by atoms with E-state index in [4.69, 9.17) is 5.11 Å². The number of aryl methyl sites for hydroxylation is 1. The van der Waals surface area contributed by atoms with Gasteiger partial charge < -0.3 is 19.9 Å². The molecular formula is C24H26F2N6O4. The number of imidazole rings is 1. The molecule has 10 nitrogen and oxygen atoms in total. The van der Waals surface area contributed by atoms with Crippen molar-refractivity contribution < 1.29 is 28.3 Å². The van der Waals surface area contributed by atoms with Gasteiger partial charge in [0.15, 0.2) is 0 Å². The Hall–Kier alpha value is -4.35. The summed E-state index contributed by atoms with van der Waals surface area (Å²) in [5.41, 5.74) is 2.53. The molecule has 2 aromatic heterocycles. The zero-order valence-corrected chi connectivity index (χ0v) is 19.9. The fourth-order valence-electron chi connectivity index (χ4n) is 3.28. The van der Waals surface area contributed by atoms with Gasteiger partial charge in [0.2, 0.25) is 5.91 Å². The third-order valence-corrected chi connectivity index (χ3v) is 5.56. The van der Waals surface area contributed by atoms with Gasteiger partial charge in [-0.05, 0) is 37.1 Å². The lowest BCUT2D eigenvalue weighted by molar-refractivity contribution is -0.166. The van der Waals surface area contributed by atoms with Gasteiger partial charge in [0.1, 0.15) is 5.82 Å². The van der Waals surface area contributed by atoms with Crippen molar-refractivity contribution in [1.29, 1.82) is 0 Å². The summed E-state index contributed by atoms with van der Waals surface area (Å²) in [5.74, 6) is -6.12. The maximum Gasteiger partial charge on any atom is 0.376 e. The molecule has 3 N–H and O–H groups in total. The Bertz CT molecular complexity index is 1250. The fourth-order valence-corrected chi connectivity index (χ4v) is 3.28. The van der Waals surface area contributed by atoms with E-state index in [1.165, 1.54) is 17.3 Å². The molecule has 0 aliphatic rings. The fraction of sp³-hybridized carbons (Fsp3) is 0.292. The van der Waals surface area contributed by atoms with Gasteiger partial charge in [0.25, 0.3) is 0 Å². The van der Waals surface area contributed by atoms with Gasteiger partial charge in [0.05, 0.1) is 31.0 Å². The number of carbonyl (C=O) groups is 3. The van der Waals surface area contributed by atoms with E-state index in [0.717, 1.165) is 16.5 Å². The molecule has 3 amide bonds. The van der Waals surface area contributed by atoms with Gasteiger partial charge in [0, 0.05) is 25.1 Å². The average molecular weight is 501 g/mol. The third-order valence-electron chi connectivity index (χ3n) is 5.56. The molecule has 1 unspecified atom stereocenters. The number of carboxylic acids is 1. The summed E-state index contributed by atoms with van der Waals surface area (Å²) in [5, 5.41) is 14.0. The molecule has 12 heteroatoms. The van der Waals surface area contributed by atoms with Gasteiger partial charge >= 0.3 is 17.9 Å². The van der Waals surface area contributed by atoms with Crippen LogP contribution < -0.4 is 10.6 Å². The summed E-state index contributed by atoms with van der Waals surface area (Å²) in [6.07, 6.45) is 3.88. The Balaban J connectivity index is 1.55. The van der Waals surface area contributed by atoms with Crippen LogP contribution in [0.4, 0.5) is 25.1 Å². The molecule has 3 rings (SSSR count). The number of para-hydroxylation sites is 1. The maximum atomic E-state index is 13.4. The summed E-state index contributed by atoms with van der Waals surface area (Å²) in [4.78, 5) is 45.2. The van der Waals surface area contributed by atoms with Crippen molar-refractivity contribution in [2.24, 2.45) is 0 Å². The van der Waals surface area contributed by atoms with Crippen molar-refractivity contribution >= 4 is 29.4 Å². The zero-order valence-electron chi connectivity index (χ0n) is 19.9. The minimum Gasteiger partial charge on any atom is -0.477 e. The number of hydrogen-bond donors (Lipinski definition) is 3. The van der Waals surface area contributed by atoms with Crippen LogP contribution in [0, 0.1) is 6.92 Å². The van der Waals surface area contributed by atoms with Crippen molar-refractivity contribution in [3.63, 3.8) is 0 Å². The predicted octanol–water partition coefficient (Wildman–Crippen LogP) is 3.71. The molecule has 3 aromatic rings. The highest BCUT2D eigenvalue weighted by Crippen LogP contribution is 2.21. The van der Waals surface area contributed by atoms with Crippen LogP contribution in [-0.2, 0) is 22.6 Å². The molecule has 36 heavy (non-hydrogen) atoms. The summed E-state index contributed by atoms with van der Waals surface area (Å²) in [6.45, 7) is 2.49. The number of rotatable bonds is 9. The van der Waals surface area contributed by atoms with Gasteiger partial charge in [-0.1, -0.05) is 24.3 Å². The number of alkyl halides is 2. The molecular weight excluding hydrogens is 474 g/mol. The number of carboxylic acid groups (broad SMARTS) is 1. The molecule has 2 heterocycles. The number of nitrogens with one attached hydrogen (secondary N) is 2. The number of benzene rings is 1. The summed E-state index contributed by atoms with van der Waals surface area (Å²) in [7, 11) is 1.55. The van der Waals surface area contributed by atoms with Crippen LogP contribution in [0.1, 0.15) is 29.8 Å². The first kappa shape index (κ1) is 26.3. The van der Waals surface area contributed by atoms with Crippen molar-refractivity contribution in [1.82, 2.24) is 19.4 Å². The van der Waals surface area contributed by atoms with Crippen molar-refractivity contribution in [3.05, 3.63) is 71.9 Å². The van der Waals surface area contributed by atoms with E-state index in [1.54, 1.807) is 32.2 Å². The van der Waals surface area contributed by atoms with Gasteiger partial charge in [-0.3, -0.25) is 10.1 Å². The maximum absolute atomic E-state index is 13.4. The number of amides is 3. The van der Waals surface area contributed by atoms with E-state index in [-0.39, 0.29) is 12.3 Å². The number of urea groups is 1. The van der Waals surface area contributed by atoms with E-state index >= 15 is 0 Å². The number of pyridine rings is 1. The van der Waals surface area contributed by atoms with Crippen LogP contribution in [0.15, 0.2) is 55.1 Å². The van der Waals surface area contributed by atoms with E-state index < -0.39 is 30.5 Å². The molecule has 0 spiro atoms. The number of anilines is 2. The molecule has 190 valence electrons. The summed E-state index contributed by atoms with van der Waals surface area (Å²) < 4.78 is 27.9. The van der Waals surface area contributed by atoms with E-state index in [2.05, 4.69) is 20.6 Å². The molecule has 0 saturated heterocycles.